The minimum atomic E-state index is -4.74. The number of rotatable bonds is 10. The summed E-state index contributed by atoms with van der Waals surface area (Å²) in [4.78, 5) is 63.2. The number of carbonyl (C=O) groups is 4. The number of nitrogens with zero attached hydrogens (tertiary/aromatic N) is 3. The smallest absolute Gasteiger partial charge is 0.422 e. The van der Waals surface area contributed by atoms with Crippen molar-refractivity contribution < 1.29 is 42.2 Å². The van der Waals surface area contributed by atoms with Gasteiger partial charge in [-0.3, -0.25) is 19.2 Å². The number of aliphatic hydroxyl groups excluding tert-OH is 1. The number of alkyl halides is 3. The van der Waals surface area contributed by atoms with Crippen molar-refractivity contribution in [3.05, 3.63) is 63.7 Å². The number of piperidine rings is 1. The number of amides is 2. The molecule has 1 aliphatic heterocycles. The van der Waals surface area contributed by atoms with Gasteiger partial charge in [-0.1, -0.05) is 44.2 Å². The van der Waals surface area contributed by atoms with Crippen molar-refractivity contribution in [2.75, 3.05) is 26.3 Å². The van der Waals surface area contributed by atoms with E-state index < -0.39 is 48.6 Å². The topological polar surface area (TPSA) is 140 Å². The van der Waals surface area contributed by atoms with Gasteiger partial charge in [0.2, 0.25) is 5.91 Å². The Morgan fingerprint density at radius 3 is 2.20 bits per heavy atom. The molecule has 0 unspecified atom stereocenters. The Morgan fingerprint density at radius 1 is 1.07 bits per heavy atom. The summed E-state index contributed by atoms with van der Waals surface area (Å²) in [6.07, 6.45) is -3.00. The summed E-state index contributed by atoms with van der Waals surface area (Å²) in [5.41, 5.74) is 0.0224. The second-order valence-corrected chi connectivity index (χ2v) is 10.9. The van der Waals surface area contributed by atoms with Crippen molar-refractivity contribution in [1.82, 2.24) is 19.4 Å². The number of aryl methyl sites for hydroxylation is 2. The first kappa shape index (κ1) is 36.0. The van der Waals surface area contributed by atoms with Gasteiger partial charge in [-0.15, -0.1) is 0 Å². The predicted molar refractivity (Wildman–Crippen MR) is 164 cm³/mol. The molecule has 3 heterocycles. The highest BCUT2D eigenvalue weighted by molar-refractivity contribution is 6.04. The molecule has 0 spiro atoms. The van der Waals surface area contributed by atoms with Gasteiger partial charge in [0.1, 0.15) is 17.8 Å². The average Bonchev–Trinajstić information content (AvgIpc) is 3.32. The highest BCUT2D eigenvalue weighted by Crippen LogP contribution is 2.33. The van der Waals surface area contributed by atoms with Crippen LogP contribution in [0, 0.1) is 0 Å². The van der Waals surface area contributed by atoms with Gasteiger partial charge in [0.25, 0.3) is 11.5 Å². The highest BCUT2D eigenvalue weighted by Gasteiger charge is 2.34. The first-order valence-corrected chi connectivity index (χ1v) is 14.9. The molecule has 0 atom stereocenters. The van der Waals surface area contributed by atoms with E-state index in [0.717, 1.165) is 0 Å². The molecule has 1 aromatic carbocycles. The van der Waals surface area contributed by atoms with Crippen LogP contribution < -0.4 is 15.6 Å². The number of aliphatic hydroxyl groups is 1. The number of nitrogens with one attached hydrogen (secondary N) is 1. The lowest BCUT2D eigenvalue weighted by Crippen LogP contribution is -2.47. The molecule has 2 amide bonds. The summed E-state index contributed by atoms with van der Waals surface area (Å²) < 4.78 is 47.3. The van der Waals surface area contributed by atoms with E-state index in [9.17, 15) is 37.1 Å². The van der Waals surface area contributed by atoms with Crippen molar-refractivity contribution in [2.24, 2.45) is 7.05 Å². The average molecular weight is 649 g/mol. The van der Waals surface area contributed by atoms with Crippen LogP contribution in [0.4, 0.5) is 13.2 Å². The summed E-state index contributed by atoms with van der Waals surface area (Å²) in [7, 11) is 1.46. The summed E-state index contributed by atoms with van der Waals surface area (Å²) >= 11 is 0. The molecule has 4 rings (SSSR count). The van der Waals surface area contributed by atoms with E-state index in [4.69, 9.17) is 9.84 Å². The number of ether oxygens (including phenoxy) is 1. The van der Waals surface area contributed by atoms with Crippen molar-refractivity contribution in [3.63, 3.8) is 0 Å². The zero-order chi connectivity index (χ0) is 34.2. The number of hydrogen-bond donors (Lipinski definition) is 2. The number of halogens is 3. The zero-order valence-electron chi connectivity index (χ0n) is 26.3. The molecule has 0 aliphatic carbocycles. The molecule has 0 bridgehead atoms. The number of likely N-dealkylation sites (tertiary alicyclic amines) is 1. The third-order valence-corrected chi connectivity index (χ3v) is 7.68. The van der Waals surface area contributed by atoms with Gasteiger partial charge in [-0.2, -0.15) is 13.2 Å². The maximum Gasteiger partial charge on any atom is 0.422 e. The van der Waals surface area contributed by atoms with Gasteiger partial charge in [0, 0.05) is 43.9 Å². The van der Waals surface area contributed by atoms with Gasteiger partial charge >= 0.3 is 6.18 Å². The molecule has 2 N–H and O–H groups in total. The Morgan fingerprint density at radius 2 is 1.67 bits per heavy atom. The molecule has 1 saturated heterocycles. The summed E-state index contributed by atoms with van der Waals surface area (Å²) in [5.74, 6) is -1.79. The normalized spacial score (nSPS) is 13.6. The van der Waals surface area contributed by atoms with Crippen LogP contribution in [0.25, 0.3) is 10.9 Å². The van der Waals surface area contributed by atoms with Crippen molar-refractivity contribution in [1.29, 1.82) is 0 Å². The quantitative estimate of drug-likeness (QED) is 0.321. The summed E-state index contributed by atoms with van der Waals surface area (Å²) in [6.45, 7) is 3.08. The van der Waals surface area contributed by atoms with Gasteiger partial charge < -0.3 is 34.0 Å². The Balaban J connectivity index is 0.00000107. The molecule has 2 aromatic heterocycles. The first-order chi connectivity index (χ1) is 21.7. The van der Waals surface area contributed by atoms with Crippen LogP contribution >= 0.6 is 0 Å². The molecule has 11 nitrogen and oxygen atoms in total. The SMILES string of the molecule is CCC(C)=O.CCc1cc2c(c(OCC(F)(F)F)c(C(=O)NC3CCN(C(=O)CO)CC3)n2C)c(=O)n1CC(=O)c1ccccc1. The largest absolute Gasteiger partial charge is 0.481 e. The number of Topliss-reactive ketones (excluding diaryl/α,β-unsaturated/α-hetero) is 2. The van der Waals surface area contributed by atoms with E-state index in [2.05, 4.69) is 5.32 Å². The number of benzene rings is 1. The molecule has 1 fully saturated rings. The Bertz CT molecular complexity index is 1620. The fraction of sp³-hybridized carbons (Fsp3) is 0.469. The number of carbonyl (C=O) groups excluding carboxylic acids is 4. The molecule has 46 heavy (non-hydrogen) atoms. The lowest BCUT2D eigenvalue weighted by Gasteiger charge is -2.32. The maximum atomic E-state index is 13.8. The molecular weight excluding hydrogens is 609 g/mol. The number of ketones is 2. The molecule has 3 aromatic rings. The van der Waals surface area contributed by atoms with Crippen LogP contribution in [0.2, 0.25) is 0 Å². The lowest BCUT2D eigenvalue weighted by molar-refractivity contribution is -0.153. The highest BCUT2D eigenvalue weighted by atomic mass is 19.4. The fourth-order valence-corrected chi connectivity index (χ4v) is 5.05. The minimum Gasteiger partial charge on any atom is -0.481 e. The number of hydrogen-bond acceptors (Lipinski definition) is 7. The molecule has 0 radical (unpaired) electrons. The third kappa shape index (κ3) is 8.83. The van der Waals surface area contributed by atoms with Crippen LogP contribution in [0.1, 0.15) is 66.6 Å². The van der Waals surface area contributed by atoms with E-state index in [-0.39, 0.29) is 47.8 Å². The number of pyridine rings is 1. The Labute approximate surface area is 263 Å². The first-order valence-electron chi connectivity index (χ1n) is 14.9. The Hall–Kier alpha value is -4.46. The molecular formula is C32H39F3N4O7. The molecule has 250 valence electrons. The number of fused-ring (bicyclic) bond motifs is 1. The van der Waals surface area contributed by atoms with Crippen molar-refractivity contribution in [3.8, 4) is 5.75 Å². The molecule has 14 heteroatoms. The standard InChI is InChI=1S/C28H31F3N4O6.C4H8O/c1-3-19-13-20-23(27(40)35(19)14-21(37)17-7-5-4-6-8-17)25(41-16-28(29,30)31)24(33(20)2)26(39)32-18-9-11-34(12-10-18)22(38)15-36;1-3-4(2)5/h4-8,13,18,36H,3,9-12,14-16H2,1-2H3,(H,32,39);3H2,1-2H3. The van der Waals surface area contributed by atoms with Gasteiger partial charge in [-0.25, -0.2) is 0 Å². The molecule has 0 saturated carbocycles. The zero-order valence-corrected chi connectivity index (χ0v) is 26.3. The maximum absolute atomic E-state index is 13.8. The molecule has 1 aliphatic rings. The lowest BCUT2D eigenvalue weighted by atomic mass is 10.0. The van der Waals surface area contributed by atoms with E-state index in [1.165, 1.54) is 21.1 Å². The van der Waals surface area contributed by atoms with Gasteiger partial charge in [0.15, 0.2) is 23.8 Å². The second kappa shape index (κ2) is 15.7. The van der Waals surface area contributed by atoms with Crippen LogP contribution in [0.15, 0.2) is 41.2 Å². The second-order valence-electron chi connectivity index (χ2n) is 10.9. The van der Waals surface area contributed by atoms with Crippen LogP contribution in [-0.4, -0.2) is 81.0 Å². The van der Waals surface area contributed by atoms with Crippen molar-refractivity contribution >= 4 is 34.3 Å². The van der Waals surface area contributed by atoms with Crippen LogP contribution in [-0.2, 0) is 29.6 Å². The monoisotopic (exact) mass is 648 g/mol. The summed E-state index contributed by atoms with van der Waals surface area (Å²) in [6, 6.07) is 9.48. The fourth-order valence-electron chi connectivity index (χ4n) is 5.05. The predicted octanol–water partition coefficient (Wildman–Crippen LogP) is 3.42. The van der Waals surface area contributed by atoms with E-state index in [1.54, 1.807) is 50.2 Å². The van der Waals surface area contributed by atoms with Crippen LogP contribution in [0.3, 0.4) is 0 Å². The van der Waals surface area contributed by atoms with E-state index in [0.29, 0.717) is 36.9 Å². The number of aromatic nitrogens is 2. The van der Waals surface area contributed by atoms with E-state index >= 15 is 0 Å². The minimum absolute atomic E-state index is 0.195. The Kier molecular flexibility index (Phi) is 12.3. The van der Waals surface area contributed by atoms with E-state index in [1.807, 2.05) is 6.92 Å². The van der Waals surface area contributed by atoms with Crippen molar-refractivity contribution in [2.45, 2.75) is 65.2 Å². The van der Waals surface area contributed by atoms with Gasteiger partial charge in [-0.05, 0) is 32.3 Å². The van der Waals surface area contributed by atoms with Gasteiger partial charge in [0.05, 0.1) is 12.1 Å². The summed E-state index contributed by atoms with van der Waals surface area (Å²) in [5, 5.41) is 11.6. The third-order valence-electron chi connectivity index (χ3n) is 7.68. The van der Waals surface area contributed by atoms with Crippen LogP contribution in [0.5, 0.6) is 5.75 Å².